The highest BCUT2D eigenvalue weighted by atomic mass is 79.9. The normalized spacial score (nSPS) is 11.1. The van der Waals surface area contributed by atoms with E-state index in [1.165, 1.54) is 7.11 Å². The molecule has 2 aromatic carbocycles. The van der Waals surface area contributed by atoms with E-state index in [-0.39, 0.29) is 6.61 Å². The van der Waals surface area contributed by atoms with Gasteiger partial charge in [-0.1, -0.05) is 40.2 Å². The maximum atomic E-state index is 12.2. The van der Waals surface area contributed by atoms with E-state index in [1.807, 2.05) is 0 Å². The van der Waals surface area contributed by atoms with Crippen molar-refractivity contribution < 1.29 is 19.1 Å². The van der Waals surface area contributed by atoms with Crippen LogP contribution in [0, 0.1) is 11.3 Å². The Kier molecular flexibility index (Phi) is 7.18. The molecule has 0 radical (unpaired) electrons. The van der Waals surface area contributed by atoms with Gasteiger partial charge in [-0.2, -0.15) is 5.26 Å². The third kappa shape index (κ3) is 5.60. The fraction of sp³-hybridized carbons (Fsp3) is 0.211. The van der Waals surface area contributed by atoms with Gasteiger partial charge in [0.1, 0.15) is 5.75 Å². The average molecular weight is 417 g/mol. The SMILES string of the molecule is COC(=O)C(NC(=O)COc1ccc(CC#N)cc1)c1ccc(Br)cc1. The van der Waals surface area contributed by atoms with Crippen LogP contribution in [-0.4, -0.2) is 25.6 Å². The van der Waals surface area contributed by atoms with Crippen LogP contribution in [0.2, 0.25) is 0 Å². The van der Waals surface area contributed by atoms with E-state index < -0.39 is 17.9 Å². The molecular weight excluding hydrogens is 400 g/mol. The van der Waals surface area contributed by atoms with Gasteiger partial charge in [-0.3, -0.25) is 4.79 Å². The number of nitriles is 1. The Balaban J connectivity index is 1.97. The molecule has 26 heavy (non-hydrogen) atoms. The number of rotatable bonds is 7. The van der Waals surface area contributed by atoms with Gasteiger partial charge in [-0.25, -0.2) is 4.79 Å². The van der Waals surface area contributed by atoms with E-state index >= 15 is 0 Å². The van der Waals surface area contributed by atoms with E-state index in [1.54, 1.807) is 48.5 Å². The minimum Gasteiger partial charge on any atom is -0.484 e. The molecule has 7 heteroatoms. The van der Waals surface area contributed by atoms with Crippen LogP contribution >= 0.6 is 15.9 Å². The monoisotopic (exact) mass is 416 g/mol. The molecule has 0 aliphatic rings. The first-order chi connectivity index (χ1) is 12.5. The number of hydrogen-bond acceptors (Lipinski definition) is 5. The number of esters is 1. The molecule has 2 aromatic rings. The van der Waals surface area contributed by atoms with E-state index in [0.717, 1.165) is 10.0 Å². The molecule has 0 aliphatic carbocycles. The lowest BCUT2D eigenvalue weighted by molar-refractivity contribution is -0.145. The van der Waals surface area contributed by atoms with Crippen molar-refractivity contribution >= 4 is 27.8 Å². The fourth-order valence-corrected chi connectivity index (χ4v) is 2.46. The number of hydrogen-bond donors (Lipinski definition) is 1. The van der Waals surface area contributed by atoms with Gasteiger partial charge in [0.05, 0.1) is 19.6 Å². The standard InChI is InChI=1S/C19H17BrN2O4/c1-25-19(24)18(14-4-6-15(20)7-5-14)22-17(23)12-26-16-8-2-13(3-9-16)10-11-21/h2-9,18H,10,12H2,1H3,(H,22,23). The summed E-state index contributed by atoms with van der Waals surface area (Å²) in [6.07, 6.45) is 0.314. The number of methoxy groups -OCH3 is 1. The van der Waals surface area contributed by atoms with Gasteiger partial charge < -0.3 is 14.8 Å². The summed E-state index contributed by atoms with van der Waals surface area (Å²) < 4.78 is 11.0. The largest absolute Gasteiger partial charge is 0.484 e. The first-order valence-electron chi connectivity index (χ1n) is 7.75. The third-order valence-electron chi connectivity index (χ3n) is 3.52. The molecule has 1 N–H and O–H groups in total. The molecule has 0 bridgehead atoms. The lowest BCUT2D eigenvalue weighted by atomic mass is 10.1. The second kappa shape index (κ2) is 9.59. The Morgan fingerprint density at radius 2 is 1.81 bits per heavy atom. The summed E-state index contributed by atoms with van der Waals surface area (Å²) in [5, 5.41) is 11.3. The van der Waals surface area contributed by atoms with Crippen LogP contribution in [0.15, 0.2) is 53.0 Å². The van der Waals surface area contributed by atoms with Crippen molar-refractivity contribution in [2.45, 2.75) is 12.5 Å². The van der Waals surface area contributed by atoms with Crippen molar-refractivity contribution in [2.24, 2.45) is 0 Å². The first-order valence-corrected chi connectivity index (χ1v) is 8.54. The molecule has 0 heterocycles. The minimum absolute atomic E-state index is 0.248. The second-order valence-electron chi connectivity index (χ2n) is 5.34. The Labute approximate surface area is 159 Å². The maximum absolute atomic E-state index is 12.2. The van der Waals surface area contributed by atoms with E-state index in [0.29, 0.717) is 17.7 Å². The van der Waals surface area contributed by atoms with Gasteiger partial charge >= 0.3 is 5.97 Å². The Morgan fingerprint density at radius 3 is 2.38 bits per heavy atom. The Morgan fingerprint density at radius 1 is 1.15 bits per heavy atom. The quantitative estimate of drug-likeness (QED) is 0.700. The highest BCUT2D eigenvalue weighted by Crippen LogP contribution is 2.18. The van der Waals surface area contributed by atoms with Crippen LogP contribution < -0.4 is 10.1 Å². The van der Waals surface area contributed by atoms with Crippen LogP contribution in [-0.2, 0) is 20.7 Å². The van der Waals surface area contributed by atoms with Gasteiger partial charge in [-0.15, -0.1) is 0 Å². The van der Waals surface area contributed by atoms with Crippen LogP contribution in [0.5, 0.6) is 5.75 Å². The van der Waals surface area contributed by atoms with Crippen LogP contribution in [0.3, 0.4) is 0 Å². The number of carbonyl (C=O) groups excluding carboxylic acids is 2. The van der Waals surface area contributed by atoms with Crippen molar-refractivity contribution in [2.75, 3.05) is 13.7 Å². The number of nitrogens with one attached hydrogen (secondary N) is 1. The molecule has 2 rings (SSSR count). The lowest BCUT2D eigenvalue weighted by Gasteiger charge is -2.17. The summed E-state index contributed by atoms with van der Waals surface area (Å²) in [4.78, 5) is 24.2. The number of nitrogens with zero attached hydrogens (tertiary/aromatic N) is 1. The molecule has 1 unspecified atom stereocenters. The molecular formula is C19H17BrN2O4. The first kappa shape index (κ1) is 19.5. The molecule has 0 aromatic heterocycles. The summed E-state index contributed by atoms with van der Waals surface area (Å²) in [5.74, 6) is -0.522. The molecule has 0 aliphatic heterocycles. The van der Waals surface area contributed by atoms with Gasteiger partial charge in [-0.05, 0) is 35.4 Å². The van der Waals surface area contributed by atoms with Crippen molar-refractivity contribution in [3.63, 3.8) is 0 Å². The van der Waals surface area contributed by atoms with E-state index in [2.05, 4.69) is 27.3 Å². The highest BCUT2D eigenvalue weighted by molar-refractivity contribution is 9.10. The molecule has 1 amide bonds. The van der Waals surface area contributed by atoms with E-state index in [4.69, 9.17) is 14.7 Å². The number of amides is 1. The molecule has 0 saturated heterocycles. The number of halogens is 1. The Hall–Kier alpha value is -2.85. The van der Waals surface area contributed by atoms with E-state index in [9.17, 15) is 9.59 Å². The van der Waals surface area contributed by atoms with Crippen LogP contribution in [0.4, 0.5) is 0 Å². The summed E-state index contributed by atoms with van der Waals surface area (Å²) in [6, 6.07) is 15.0. The topological polar surface area (TPSA) is 88.4 Å². The molecule has 1 atom stereocenters. The third-order valence-corrected chi connectivity index (χ3v) is 4.05. The summed E-state index contributed by atoms with van der Waals surface area (Å²) >= 11 is 3.32. The van der Waals surface area contributed by atoms with Gasteiger partial charge in [0.2, 0.25) is 0 Å². The predicted molar refractivity (Wildman–Crippen MR) is 98.3 cm³/mol. The zero-order valence-corrected chi connectivity index (χ0v) is 15.7. The number of ether oxygens (including phenoxy) is 2. The van der Waals surface area contributed by atoms with Crippen LogP contribution in [0.1, 0.15) is 17.2 Å². The highest BCUT2D eigenvalue weighted by Gasteiger charge is 2.23. The van der Waals surface area contributed by atoms with Crippen LogP contribution in [0.25, 0.3) is 0 Å². The summed E-state index contributed by atoms with van der Waals surface area (Å²) in [6.45, 7) is -0.248. The zero-order valence-electron chi connectivity index (χ0n) is 14.1. The molecule has 0 spiro atoms. The number of benzene rings is 2. The molecule has 0 saturated carbocycles. The lowest BCUT2D eigenvalue weighted by Crippen LogP contribution is -2.37. The second-order valence-corrected chi connectivity index (χ2v) is 6.26. The van der Waals surface area contributed by atoms with Crippen molar-refractivity contribution in [1.82, 2.24) is 5.32 Å². The predicted octanol–water partition coefficient (Wildman–Crippen LogP) is 2.92. The van der Waals surface area contributed by atoms with Gasteiger partial charge in [0.15, 0.2) is 12.6 Å². The van der Waals surface area contributed by atoms with Crippen molar-refractivity contribution in [3.05, 3.63) is 64.1 Å². The van der Waals surface area contributed by atoms with Gasteiger partial charge in [0.25, 0.3) is 5.91 Å². The average Bonchev–Trinajstić information content (AvgIpc) is 2.66. The molecule has 134 valence electrons. The van der Waals surface area contributed by atoms with Crippen molar-refractivity contribution in [1.29, 1.82) is 5.26 Å². The Bertz CT molecular complexity index is 798. The summed E-state index contributed by atoms with van der Waals surface area (Å²) in [7, 11) is 1.26. The molecule has 0 fully saturated rings. The zero-order chi connectivity index (χ0) is 18.9. The molecule has 6 nitrogen and oxygen atoms in total. The fourth-order valence-electron chi connectivity index (χ4n) is 2.20. The number of carbonyl (C=O) groups is 2. The smallest absolute Gasteiger partial charge is 0.333 e. The minimum atomic E-state index is -0.915. The maximum Gasteiger partial charge on any atom is 0.333 e. The summed E-state index contributed by atoms with van der Waals surface area (Å²) in [5.41, 5.74) is 1.47. The van der Waals surface area contributed by atoms with Crippen molar-refractivity contribution in [3.8, 4) is 11.8 Å². The van der Waals surface area contributed by atoms with Gasteiger partial charge in [0, 0.05) is 4.47 Å².